The van der Waals surface area contributed by atoms with Crippen molar-refractivity contribution in [3.8, 4) is 5.75 Å². The number of hydrogen-bond donors (Lipinski definition) is 4. The fourth-order valence-corrected chi connectivity index (χ4v) is 3.30. The molecule has 0 aliphatic carbocycles. The molecule has 0 saturated heterocycles. The highest BCUT2D eigenvalue weighted by Crippen LogP contribution is 2.30. The number of hydrogen-bond acceptors (Lipinski definition) is 8. The first kappa shape index (κ1) is 30.2. The first-order valence-corrected chi connectivity index (χ1v) is 11.5. The van der Waals surface area contributed by atoms with E-state index in [1.54, 1.807) is 39.8 Å². The topological polar surface area (TPSA) is 177 Å². The molecule has 4 amide bonds. The summed E-state index contributed by atoms with van der Waals surface area (Å²) < 4.78 is 9.80. The number of primary amides is 1. The molecule has 0 heterocycles. The van der Waals surface area contributed by atoms with E-state index in [4.69, 9.17) is 10.5 Å². The van der Waals surface area contributed by atoms with Crippen LogP contribution in [0.25, 0.3) is 0 Å². The number of nitrogens with one attached hydrogen (secondary N) is 2. The van der Waals surface area contributed by atoms with E-state index in [-0.39, 0.29) is 30.7 Å². The number of carbonyl (C=O) groups excluding carboxylic acids is 5. The number of carbonyl (C=O) groups is 5. The highest BCUT2D eigenvalue weighted by atomic mass is 16.6. The molecule has 1 rings (SSSR count). The molecular formula is C24H36N4O8. The van der Waals surface area contributed by atoms with E-state index >= 15 is 0 Å². The van der Waals surface area contributed by atoms with E-state index in [1.165, 1.54) is 17.0 Å². The Morgan fingerprint density at radius 2 is 1.78 bits per heavy atom. The normalized spacial score (nSPS) is 12.6. The van der Waals surface area contributed by atoms with Crippen LogP contribution in [0.4, 0.5) is 4.79 Å². The average Bonchev–Trinajstić information content (AvgIpc) is 2.79. The number of amides is 4. The minimum absolute atomic E-state index is 0.0482. The zero-order valence-electron chi connectivity index (χ0n) is 21.3. The summed E-state index contributed by atoms with van der Waals surface area (Å²) in [7, 11) is 1.16. The van der Waals surface area contributed by atoms with Crippen molar-refractivity contribution in [1.29, 1.82) is 0 Å². The lowest BCUT2D eigenvalue weighted by molar-refractivity contribution is -0.144. The van der Waals surface area contributed by atoms with Gasteiger partial charge in [-0.05, 0) is 39.7 Å². The summed E-state index contributed by atoms with van der Waals surface area (Å²) in [6.07, 6.45) is -0.849. The smallest absolute Gasteiger partial charge is 0.408 e. The molecule has 0 aliphatic rings. The Morgan fingerprint density at radius 3 is 2.31 bits per heavy atom. The van der Waals surface area contributed by atoms with Crippen molar-refractivity contribution >= 4 is 29.8 Å². The monoisotopic (exact) mass is 508 g/mol. The first-order chi connectivity index (χ1) is 16.8. The second-order valence-electron chi connectivity index (χ2n) is 8.99. The number of nitrogens with zero attached hydrogens (tertiary/aromatic N) is 1. The number of alkyl carbamates (subject to hydrolysis) is 1. The van der Waals surface area contributed by atoms with Crippen molar-refractivity contribution in [3.05, 3.63) is 29.8 Å². The lowest BCUT2D eigenvalue weighted by atomic mass is 10.0. The molecule has 0 fully saturated rings. The molecule has 5 N–H and O–H groups in total. The van der Waals surface area contributed by atoms with E-state index < -0.39 is 54.0 Å². The van der Waals surface area contributed by atoms with Gasteiger partial charge in [-0.15, -0.1) is 0 Å². The number of benzene rings is 1. The maximum atomic E-state index is 13.7. The van der Waals surface area contributed by atoms with E-state index in [0.717, 1.165) is 7.11 Å². The van der Waals surface area contributed by atoms with Crippen LogP contribution in [0, 0.1) is 0 Å². The minimum Gasteiger partial charge on any atom is -0.508 e. The van der Waals surface area contributed by atoms with E-state index in [2.05, 4.69) is 15.4 Å². The number of para-hydroxylation sites is 1. The Bertz CT molecular complexity index is 944. The molecule has 2 atom stereocenters. The van der Waals surface area contributed by atoms with Crippen LogP contribution in [0.1, 0.15) is 58.6 Å². The molecule has 0 aromatic heterocycles. The Hall–Kier alpha value is -3.83. The van der Waals surface area contributed by atoms with Gasteiger partial charge in [0.05, 0.1) is 7.11 Å². The number of aromatic hydroxyl groups is 1. The summed E-state index contributed by atoms with van der Waals surface area (Å²) in [5.41, 5.74) is 4.51. The summed E-state index contributed by atoms with van der Waals surface area (Å²) in [5.74, 6) is -3.11. The third-order valence-corrected chi connectivity index (χ3v) is 4.84. The average molecular weight is 509 g/mol. The highest BCUT2D eigenvalue weighted by Gasteiger charge is 2.37. The third kappa shape index (κ3) is 9.80. The number of nitrogens with two attached hydrogens (primary N) is 1. The van der Waals surface area contributed by atoms with E-state index in [9.17, 15) is 29.1 Å². The standard InChI is InChI=1S/C24H36N4O8/c1-6-13-28(22(33)16(11-12-18(25)30)27-23(34)36-24(2,3)4)20(15-9-7-8-10-17(15)29)21(32)26-14-19(31)35-5/h7-10,16,20,29H,6,11-14H2,1-5H3,(H2,25,30)(H,26,32)(H,27,34). The summed E-state index contributed by atoms with van der Waals surface area (Å²) in [4.78, 5) is 63.6. The molecule has 36 heavy (non-hydrogen) atoms. The molecule has 12 nitrogen and oxygen atoms in total. The lowest BCUT2D eigenvalue weighted by Crippen LogP contribution is -2.53. The Kier molecular flexibility index (Phi) is 11.7. The molecule has 1 aromatic rings. The molecule has 0 bridgehead atoms. The molecule has 200 valence electrons. The summed E-state index contributed by atoms with van der Waals surface area (Å²) in [6, 6.07) is 3.32. The van der Waals surface area contributed by atoms with Gasteiger partial charge in [0, 0.05) is 18.5 Å². The number of ether oxygens (including phenoxy) is 2. The number of phenols is 1. The van der Waals surface area contributed by atoms with Gasteiger partial charge in [0.15, 0.2) is 0 Å². The van der Waals surface area contributed by atoms with Crippen molar-refractivity contribution in [2.45, 2.75) is 64.6 Å². The predicted octanol–water partition coefficient (Wildman–Crippen LogP) is 1.12. The number of esters is 1. The molecule has 0 radical (unpaired) electrons. The van der Waals surface area contributed by atoms with Crippen LogP contribution in [0.2, 0.25) is 0 Å². The quantitative estimate of drug-likeness (QED) is 0.303. The van der Waals surface area contributed by atoms with Crippen LogP contribution in [0.15, 0.2) is 24.3 Å². The number of rotatable bonds is 12. The van der Waals surface area contributed by atoms with Crippen molar-refractivity contribution < 1.29 is 38.6 Å². The molecule has 0 saturated carbocycles. The van der Waals surface area contributed by atoms with Gasteiger partial charge in [-0.1, -0.05) is 25.1 Å². The molecule has 2 unspecified atom stereocenters. The van der Waals surface area contributed by atoms with Crippen LogP contribution >= 0.6 is 0 Å². The van der Waals surface area contributed by atoms with Crippen LogP contribution in [-0.2, 0) is 28.7 Å². The Labute approximate surface area is 210 Å². The van der Waals surface area contributed by atoms with Crippen LogP contribution in [-0.4, -0.2) is 71.6 Å². The van der Waals surface area contributed by atoms with Gasteiger partial charge in [0.25, 0.3) is 0 Å². The van der Waals surface area contributed by atoms with Gasteiger partial charge in [-0.3, -0.25) is 19.2 Å². The Morgan fingerprint density at radius 1 is 1.14 bits per heavy atom. The highest BCUT2D eigenvalue weighted by molar-refractivity contribution is 5.93. The largest absolute Gasteiger partial charge is 0.508 e. The molecule has 1 aromatic carbocycles. The maximum absolute atomic E-state index is 13.7. The lowest BCUT2D eigenvalue weighted by Gasteiger charge is -2.34. The Balaban J connectivity index is 3.44. The summed E-state index contributed by atoms with van der Waals surface area (Å²) >= 11 is 0. The number of phenolic OH excluding ortho intramolecular Hbond substituents is 1. The first-order valence-electron chi connectivity index (χ1n) is 11.5. The van der Waals surface area contributed by atoms with E-state index in [1.807, 2.05) is 0 Å². The van der Waals surface area contributed by atoms with Crippen molar-refractivity contribution in [1.82, 2.24) is 15.5 Å². The minimum atomic E-state index is -1.36. The summed E-state index contributed by atoms with van der Waals surface area (Å²) in [6.45, 7) is 6.30. The van der Waals surface area contributed by atoms with Gasteiger partial charge in [0.2, 0.25) is 17.7 Å². The SMILES string of the molecule is CCCN(C(=O)C(CCC(N)=O)NC(=O)OC(C)(C)C)C(C(=O)NCC(=O)OC)c1ccccc1O. The van der Waals surface area contributed by atoms with Crippen LogP contribution in [0.3, 0.4) is 0 Å². The van der Waals surface area contributed by atoms with Gasteiger partial charge < -0.3 is 35.8 Å². The van der Waals surface area contributed by atoms with Gasteiger partial charge in [-0.2, -0.15) is 0 Å². The van der Waals surface area contributed by atoms with Crippen LogP contribution < -0.4 is 16.4 Å². The molecule has 0 spiro atoms. The zero-order valence-corrected chi connectivity index (χ0v) is 21.3. The fourth-order valence-electron chi connectivity index (χ4n) is 3.30. The second kappa shape index (κ2) is 13.9. The van der Waals surface area contributed by atoms with Gasteiger partial charge in [0.1, 0.15) is 30.0 Å². The second-order valence-corrected chi connectivity index (χ2v) is 8.99. The molecule has 0 aliphatic heterocycles. The summed E-state index contributed by atoms with van der Waals surface area (Å²) in [5, 5.41) is 15.3. The zero-order chi connectivity index (χ0) is 27.5. The van der Waals surface area contributed by atoms with Crippen LogP contribution in [0.5, 0.6) is 5.75 Å². The fraction of sp³-hybridized carbons (Fsp3) is 0.542. The third-order valence-electron chi connectivity index (χ3n) is 4.84. The molecular weight excluding hydrogens is 472 g/mol. The van der Waals surface area contributed by atoms with Crippen molar-refractivity contribution in [2.75, 3.05) is 20.2 Å². The van der Waals surface area contributed by atoms with Gasteiger partial charge >= 0.3 is 12.1 Å². The van der Waals surface area contributed by atoms with Gasteiger partial charge in [-0.25, -0.2) is 4.79 Å². The maximum Gasteiger partial charge on any atom is 0.408 e. The van der Waals surface area contributed by atoms with Crippen molar-refractivity contribution in [3.63, 3.8) is 0 Å². The predicted molar refractivity (Wildman–Crippen MR) is 129 cm³/mol. The van der Waals surface area contributed by atoms with Crippen molar-refractivity contribution in [2.24, 2.45) is 5.73 Å². The number of methoxy groups -OCH3 is 1. The molecule has 12 heteroatoms. The van der Waals surface area contributed by atoms with E-state index in [0.29, 0.717) is 6.42 Å².